The topological polar surface area (TPSA) is 24.1 Å². The number of hydrogen-bond donors (Lipinski definition) is 2. The average Bonchev–Trinajstić information content (AvgIpc) is 1.98. The second kappa shape index (κ2) is 6.78. The van der Waals surface area contributed by atoms with Gasteiger partial charge in [-0.05, 0) is 20.9 Å². The molecule has 0 atom stereocenters. The number of rotatable bonds is 5. The lowest BCUT2D eigenvalue weighted by atomic mass is 10.3. The molecule has 0 aromatic carbocycles. The summed E-state index contributed by atoms with van der Waals surface area (Å²) < 4.78 is 0. The van der Waals surface area contributed by atoms with Crippen molar-refractivity contribution >= 4 is 0 Å². The Bertz CT molecular complexity index is 97.4. The highest BCUT2D eigenvalue weighted by Gasteiger charge is 1.85. The number of hydrogen-bond acceptors (Lipinski definition) is 2. The molecular formula is C8H18N2. The lowest BCUT2D eigenvalue weighted by Gasteiger charge is -2.02. The van der Waals surface area contributed by atoms with E-state index in [1.54, 1.807) is 0 Å². The fourth-order valence-electron chi connectivity index (χ4n) is 0.601. The molecule has 0 aliphatic carbocycles. The van der Waals surface area contributed by atoms with Crippen LogP contribution in [0.15, 0.2) is 11.6 Å². The maximum Gasteiger partial charge on any atom is 0.0162 e. The molecule has 0 radical (unpaired) electrons. The van der Waals surface area contributed by atoms with Crippen molar-refractivity contribution < 1.29 is 0 Å². The summed E-state index contributed by atoms with van der Waals surface area (Å²) >= 11 is 0. The van der Waals surface area contributed by atoms with Gasteiger partial charge in [0.2, 0.25) is 0 Å². The third-order valence-corrected chi connectivity index (χ3v) is 1.45. The van der Waals surface area contributed by atoms with E-state index in [1.165, 1.54) is 5.57 Å². The first-order chi connectivity index (χ1) is 4.81. The van der Waals surface area contributed by atoms with E-state index < -0.39 is 0 Å². The smallest absolute Gasteiger partial charge is 0.0162 e. The minimum atomic E-state index is 1.01. The maximum atomic E-state index is 3.31. The number of likely N-dealkylation sites (N-methyl/N-ethyl adjacent to an activating group) is 1. The summed E-state index contributed by atoms with van der Waals surface area (Å²) in [7, 11) is 1.96. The van der Waals surface area contributed by atoms with Crippen molar-refractivity contribution in [2.45, 2.75) is 13.8 Å². The van der Waals surface area contributed by atoms with E-state index in [9.17, 15) is 0 Å². The highest BCUT2D eigenvalue weighted by Crippen LogP contribution is 1.85. The zero-order chi connectivity index (χ0) is 7.82. The molecule has 0 unspecified atom stereocenters. The molecule has 0 aliphatic heterocycles. The average molecular weight is 142 g/mol. The molecule has 0 bridgehead atoms. The fourth-order valence-corrected chi connectivity index (χ4v) is 0.601. The molecule has 0 fully saturated rings. The summed E-state index contributed by atoms with van der Waals surface area (Å²) in [5, 5.41) is 6.38. The van der Waals surface area contributed by atoms with Crippen LogP contribution in [0.5, 0.6) is 0 Å². The highest BCUT2D eigenvalue weighted by molar-refractivity contribution is 4.97. The number of nitrogens with one attached hydrogen (secondary N) is 2. The van der Waals surface area contributed by atoms with Crippen LogP contribution in [0, 0.1) is 0 Å². The first kappa shape index (κ1) is 9.66. The Labute approximate surface area is 63.7 Å². The standard InChI is InChI=1S/C8H18N2/c1-4-8(2)7-10-6-5-9-3/h4,9-10H,5-7H2,1-3H3/b8-4+. The molecule has 0 saturated heterocycles. The Morgan fingerprint density at radius 2 is 2.10 bits per heavy atom. The molecule has 0 spiro atoms. The molecule has 2 heteroatoms. The normalized spacial score (nSPS) is 12.1. The van der Waals surface area contributed by atoms with Crippen molar-refractivity contribution in [3.8, 4) is 0 Å². The molecule has 2 nitrogen and oxygen atoms in total. The monoisotopic (exact) mass is 142 g/mol. The van der Waals surface area contributed by atoms with Gasteiger partial charge in [-0.1, -0.05) is 11.6 Å². The van der Waals surface area contributed by atoms with Gasteiger partial charge in [0.25, 0.3) is 0 Å². The van der Waals surface area contributed by atoms with E-state index in [4.69, 9.17) is 0 Å². The summed E-state index contributed by atoms with van der Waals surface area (Å²) in [6.45, 7) is 7.29. The molecule has 0 amide bonds. The van der Waals surface area contributed by atoms with Gasteiger partial charge in [-0.15, -0.1) is 0 Å². The van der Waals surface area contributed by atoms with Crippen LogP contribution in [0.4, 0.5) is 0 Å². The van der Waals surface area contributed by atoms with Gasteiger partial charge < -0.3 is 10.6 Å². The van der Waals surface area contributed by atoms with Crippen LogP contribution in [0.1, 0.15) is 13.8 Å². The predicted molar refractivity (Wildman–Crippen MR) is 46.2 cm³/mol. The van der Waals surface area contributed by atoms with Crippen LogP contribution in [-0.2, 0) is 0 Å². The minimum Gasteiger partial charge on any atom is -0.318 e. The Morgan fingerprint density at radius 3 is 2.60 bits per heavy atom. The summed E-state index contributed by atoms with van der Waals surface area (Å²) in [6, 6.07) is 0. The first-order valence-corrected chi connectivity index (χ1v) is 3.78. The molecule has 0 aromatic rings. The molecule has 0 aliphatic rings. The van der Waals surface area contributed by atoms with Gasteiger partial charge in [0.05, 0.1) is 0 Å². The zero-order valence-corrected chi connectivity index (χ0v) is 7.20. The van der Waals surface area contributed by atoms with Crippen LogP contribution < -0.4 is 10.6 Å². The van der Waals surface area contributed by atoms with Crippen molar-refractivity contribution in [3.05, 3.63) is 11.6 Å². The van der Waals surface area contributed by atoms with Gasteiger partial charge in [0.1, 0.15) is 0 Å². The summed E-state index contributed by atoms with van der Waals surface area (Å²) in [5.41, 5.74) is 1.40. The fraction of sp³-hybridized carbons (Fsp3) is 0.750. The molecule has 0 rings (SSSR count). The van der Waals surface area contributed by atoms with Crippen LogP contribution in [0.2, 0.25) is 0 Å². The van der Waals surface area contributed by atoms with E-state index >= 15 is 0 Å². The van der Waals surface area contributed by atoms with Crippen LogP contribution in [0.3, 0.4) is 0 Å². The molecular weight excluding hydrogens is 124 g/mol. The van der Waals surface area contributed by atoms with E-state index in [1.807, 2.05) is 7.05 Å². The largest absolute Gasteiger partial charge is 0.318 e. The van der Waals surface area contributed by atoms with Crippen LogP contribution in [-0.4, -0.2) is 26.7 Å². The second-order valence-electron chi connectivity index (χ2n) is 2.42. The predicted octanol–water partition coefficient (Wildman–Crippen LogP) is 0.762. The Kier molecular flexibility index (Phi) is 6.55. The van der Waals surface area contributed by atoms with Crippen LogP contribution >= 0.6 is 0 Å². The highest BCUT2D eigenvalue weighted by atomic mass is 14.9. The second-order valence-corrected chi connectivity index (χ2v) is 2.42. The molecule has 0 heterocycles. The molecule has 2 N–H and O–H groups in total. The lowest BCUT2D eigenvalue weighted by Crippen LogP contribution is -2.25. The SMILES string of the molecule is C/C=C(\C)CNCCNC. The van der Waals surface area contributed by atoms with E-state index in [0.717, 1.165) is 19.6 Å². The molecule has 0 aromatic heterocycles. The maximum absolute atomic E-state index is 3.31. The van der Waals surface area contributed by atoms with E-state index in [-0.39, 0.29) is 0 Å². The third-order valence-electron chi connectivity index (χ3n) is 1.45. The van der Waals surface area contributed by atoms with Crippen molar-refractivity contribution in [2.75, 3.05) is 26.7 Å². The minimum absolute atomic E-state index is 1.01. The third kappa shape index (κ3) is 5.79. The molecule has 10 heavy (non-hydrogen) atoms. The van der Waals surface area contributed by atoms with Crippen molar-refractivity contribution in [1.29, 1.82) is 0 Å². The van der Waals surface area contributed by atoms with Gasteiger partial charge in [-0.3, -0.25) is 0 Å². The number of allylic oxidation sites excluding steroid dienone is 1. The summed E-state index contributed by atoms with van der Waals surface area (Å²) in [6.07, 6.45) is 2.13. The van der Waals surface area contributed by atoms with Crippen molar-refractivity contribution in [3.63, 3.8) is 0 Å². The Hall–Kier alpha value is -0.340. The van der Waals surface area contributed by atoms with Gasteiger partial charge >= 0.3 is 0 Å². The summed E-state index contributed by atoms with van der Waals surface area (Å²) in [5.74, 6) is 0. The van der Waals surface area contributed by atoms with E-state index in [2.05, 4.69) is 30.6 Å². The summed E-state index contributed by atoms with van der Waals surface area (Å²) in [4.78, 5) is 0. The van der Waals surface area contributed by atoms with E-state index in [0.29, 0.717) is 0 Å². The molecule has 60 valence electrons. The Morgan fingerprint density at radius 1 is 1.40 bits per heavy atom. The van der Waals surface area contributed by atoms with Crippen molar-refractivity contribution in [1.82, 2.24) is 10.6 Å². The first-order valence-electron chi connectivity index (χ1n) is 3.78. The van der Waals surface area contributed by atoms with Gasteiger partial charge in [0.15, 0.2) is 0 Å². The van der Waals surface area contributed by atoms with Crippen molar-refractivity contribution in [2.24, 2.45) is 0 Å². The Balaban J connectivity index is 3.04. The van der Waals surface area contributed by atoms with Gasteiger partial charge in [-0.25, -0.2) is 0 Å². The van der Waals surface area contributed by atoms with Gasteiger partial charge in [0, 0.05) is 19.6 Å². The lowest BCUT2D eigenvalue weighted by molar-refractivity contribution is 0.679. The molecule has 0 saturated carbocycles. The van der Waals surface area contributed by atoms with Crippen LogP contribution in [0.25, 0.3) is 0 Å². The van der Waals surface area contributed by atoms with Gasteiger partial charge in [-0.2, -0.15) is 0 Å². The zero-order valence-electron chi connectivity index (χ0n) is 7.20. The quantitative estimate of drug-likeness (QED) is 0.437.